The molecule has 0 aliphatic carbocycles. The van der Waals surface area contributed by atoms with Crippen molar-refractivity contribution in [2.24, 2.45) is 0 Å². The van der Waals surface area contributed by atoms with Crippen LogP contribution in [0.5, 0.6) is 0 Å². The summed E-state index contributed by atoms with van der Waals surface area (Å²) in [5, 5.41) is 3.62. The Morgan fingerprint density at radius 2 is 1.86 bits per heavy atom. The lowest BCUT2D eigenvalue weighted by Gasteiger charge is -2.12. The zero-order valence-corrected chi connectivity index (χ0v) is 14.1. The fourth-order valence-corrected chi connectivity index (χ4v) is 2.68. The van der Waals surface area contributed by atoms with Gasteiger partial charge in [-0.2, -0.15) is 0 Å². The number of amides is 1. The highest BCUT2D eigenvalue weighted by molar-refractivity contribution is 9.10. The molecule has 0 saturated heterocycles. The van der Waals surface area contributed by atoms with Gasteiger partial charge in [0.15, 0.2) is 0 Å². The minimum absolute atomic E-state index is 0.0319. The highest BCUT2D eigenvalue weighted by atomic mass is 79.9. The van der Waals surface area contributed by atoms with E-state index in [1.807, 2.05) is 55.5 Å². The van der Waals surface area contributed by atoms with Crippen LogP contribution in [-0.2, 0) is 17.8 Å². The molecule has 1 atom stereocenters. The molecule has 2 aromatic rings. The minimum Gasteiger partial charge on any atom is -0.351 e. The second-order valence-corrected chi connectivity index (χ2v) is 6.48. The molecule has 2 nitrogen and oxygen atoms in total. The first-order chi connectivity index (χ1) is 10.1. The molecule has 0 spiro atoms. The van der Waals surface area contributed by atoms with E-state index >= 15 is 0 Å². The van der Waals surface area contributed by atoms with Crippen LogP contribution in [-0.4, -0.2) is 10.7 Å². The summed E-state index contributed by atoms with van der Waals surface area (Å²) in [5.41, 5.74) is 3.26. The molecule has 0 aliphatic heterocycles. The molecule has 0 aliphatic rings. The third kappa shape index (κ3) is 4.87. The molecule has 0 radical (unpaired) electrons. The number of carbonyl (C=O) groups is 1. The van der Waals surface area contributed by atoms with Crippen molar-refractivity contribution >= 4 is 33.4 Å². The van der Waals surface area contributed by atoms with Crippen molar-refractivity contribution in [2.45, 2.75) is 24.7 Å². The standard InChI is InChI=1S/C17H17BrClNO/c1-12-6-8-13(9-7-12)11-20-17(21)15(18)10-14-4-2-3-5-16(14)19/h2-9,15H,10-11H2,1H3,(H,20,21). The highest BCUT2D eigenvalue weighted by Gasteiger charge is 2.16. The summed E-state index contributed by atoms with van der Waals surface area (Å²) in [4.78, 5) is 11.8. The summed E-state index contributed by atoms with van der Waals surface area (Å²) in [7, 11) is 0. The summed E-state index contributed by atoms with van der Waals surface area (Å²) in [6, 6.07) is 15.7. The van der Waals surface area contributed by atoms with Crippen molar-refractivity contribution in [3.63, 3.8) is 0 Å². The van der Waals surface area contributed by atoms with Crippen molar-refractivity contribution < 1.29 is 4.79 Å². The Kier molecular flexibility index (Phi) is 5.83. The molecule has 2 aromatic carbocycles. The van der Waals surface area contributed by atoms with Crippen molar-refractivity contribution in [3.8, 4) is 0 Å². The lowest BCUT2D eigenvalue weighted by molar-refractivity contribution is -0.120. The molecular formula is C17H17BrClNO. The summed E-state index contributed by atoms with van der Waals surface area (Å²) < 4.78 is 0. The van der Waals surface area contributed by atoms with Crippen LogP contribution in [0.2, 0.25) is 5.02 Å². The third-order valence-electron chi connectivity index (χ3n) is 3.23. The summed E-state index contributed by atoms with van der Waals surface area (Å²) in [5.74, 6) is -0.0319. The molecule has 2 rings (SSSR count). The quantitative estimate of drug-likeness (QED) is 0.787. The van der Waals surface area contributed by atoms with Crippen LogP contribution in [0.25, 0.3) is 0 Å². The lowest BCUT2D eigenvalue weighted by atomic mass is 10.1. The molecule has 110 valence electrons. The maximum atomic E-state index is 12.1. The van der Waals surface area contributed by atoms with Gasteiger partial charge in [0.2, 0.25) is 5.91 Å². The van der Waals surface area contributed by atoms with Crippen molar-refractivity contribution in [3.05, 3.63) is 70.2 Å². The average molecular weight is 367 g/mol. The predicted molar refractivity (Wildman–Crippen MR) is 90.9 cm³/mol. The average Bonchev–Trinajstić information content (AvgIpc) is 2.48. The monoisotopic (exact) mass is 365 g/mol. The van der Waals surface area contributed by atoms with E-state index in [2.05, 4.69) is 21.2 Å². The van der Waals surface area contributed by atoms with Crippen LogP contribution < -0.4 is 5.32 Å². The van der Waals surface area contributed by atoms with Crippen LogP contribution in [0.15, 0.2) is 48.5 Å². The second-order valence-electron chi connectivity index (χ2n) is 4.97. The van der Waals surface area contributed by atoms with Gasteiger partial charge in [0.1, 0.15) is 0 Å². The maximum Gasteiger partial charge on any atom is 0.234 e. The Labute approximate surface area is 138 Å². The molecule has 0 heterocycles. The fraction of sp³-hybridized carbons (Fsp3) is 0.235. The minimum atomic E-state index is -0.289. The second kappa shape index (κ2) is 7.62. The molecule has 1 unspecified atom stereocenters. The first kappa shape index (κ1) is 16.1. The predicted octanol–water partition coefficient (Wildman–Crippen LogP) is 4.27. The zero-order chi connectivity index (χ0) is 15.2. The number of hydrogen-bond donors (Lipinski definition) is 1. The van der Waals surface area contributed by atoms with Gasteiger partial charge in [0.05, 0.1) is 4.83 Å². The topological polar surface area (TPSA) is 29.1 Å². The van der Waals surface area contributed by atoms with Crippen LogP contribution in [0.4, 0.5) is 0 Å². The van der Waals surface area contributed by atoms with Gasteiger partial charge < -0.3 is 5.32 Å². The largest absolute Gasteiger partial charge is 0.351 e. The molecule has 1 amide bonds. The van der Waals surface area contributed by atoms with E-state index < -0.39 is 0 Å². The summed E-state index contributed by atoms with van der Waals surface area (Å²) >= 11 is 9.54. The number of halogens is 2. The van der Waals surface area contributed by atoms with Gasteiger partial charge >= 0.3 is 0 Å². The molecule has 21 heavy (non-hydrogen) atoms. The molecular weight excluding hydrogens is 350 g/mol. The van der Waals surface area contributed by atoms with Gasteiger partial charge in [-0.3, -0.25) is 4.79 Å². The Hall–Kier alpha value is -1.32. The Morgan fingerprint density at radius 3 is 2.52 bits per heavy atom. The number of aryl methyl sites for hydroxylation is 1. The lowest BCUT2D eigenvalue weighted by Crippen LogP contribution is -2.31. The van der Waals surface area contributed by atoms with Crippen LogP contribution in [0.1, 0.15) is 16.7 Å². The van der Waals surface area contributed by atoms with Crippen LogP contribution in [0.3, 0.4) is 0 Å². The summed E-state index contributed by atoms with van der Waals surface area (Å²) in [6.45, 7) is 2.57. The molecule has 1 N–H and O–H groups in total. The Balaban J connectivity index is 1.88. The first-order valence-corrected chi connectivity index (χ1v) is 8.06. The van der Waals surface area contributed by atoms with E-state index in [-0.39, 0.29) is 10.7 Å². The fourth-order valence-electron chi connectivity index (χ4n) is 1.96. The Bertz CT molecular complexity index is 612. The molecule has 4 heteroatoms. The van der Waals surface area contributed by atoms with Crippen molar-refractivity contribution in [1.29, 1.82) is 0 Å². The van der Waals surface area contributed by atoms with Gasteiger partial charge in [-0.25, -0.2) is 0 Å². The molecule has 0 saturated carbocycles. The molecule has 0 bridgehead atoms. The van der Waals surface area contributed by atoms with Gasteiger partial charge in [-0.15, -0.1) is 0 Å². The smallest absolute Gasteiger partial charge is 0.234 e. The van der Waals surface area contributed by atoms with Gasteiger partial charge in [0, 0.05) is 11.6 Å². The zero-order valence-electron chi connectivity index (χ0n) is 11.8. The van der Waals surface area contributed by atoms with Crippen molar-refractivity contribution in [2.75, 3.05) is 0 Å². The van der Waals surface area contributed by atoms with E-state index in [1.54, 1.807) is 0 Å². The van der Waals surface area contributed by atoms with E-state index in [4.69, 9.17) is 11.6 Å². The van der Waals surface area contributed by atoms with Crippen molar-refractivity contribution in [1.82, 2.24) is 5.32 Å². The van der Waals surface area contributed by atoms with Crippen LogP contribution >= 0.6 is 27.5 Å². The van der Waals surface area contributed by atoms with Gasteiger partial charge in [-0.1, -0.05) is 75.6 Å². The number of hydrogen-bond acceptors (Lipinski definition) is 1. The number of rotatable bonds is 5. The highest BCUT2D eigenvalue weighted by Crippen LogP contribution is 2.19. The normalized spacial score (nSPS) is 12.0. The number of alkyl halides is 1. The number of carbonyl (C=O) groups excluding carboxylic acids is 1. The third-order valence-corrected chi connectivity index (χ3v) is 4.34. The van der Waals surface area contributed by atoms with E-state index in [0.29, 0.717) is 18.0 Å². The van der Waals surface area contributed by atoms with E-state index in [1.165, 1.54) is 5.56 Å². The number of nitrogens with one attached hydrogen (secondary N) is 1. The molecule has 0 fully saturated rings. The van der Waals surface area contributed by atoms with E-state index in [0.717, 1.165) is 11.1 Å². The number of benzene rings is 2. The Morgan fingerprint density at radius 1 is 1.19 bits per heavy atom. The first-order valence-electron chi connectivity index (χ1n) is 6.77. The van der Waals surface area contributed by atoms with Gasteiger partial charge in [-0.05, 0) is 30.5 Å². The summed E-state index contributed by atoms with van der Waals surface area (Å²) in [6.07, 6.45) is 0.569. The SMILES string of the molecule is Cc1ccc(CNC(=O)C(Br)Cc2ccccc2Cl)cc1. The van der Waals surface area contributed by atoms with Crippen LogP contribution in [0, 0.1) is 6.92 Å². The molecule has 0 aromatic heterocycles. The van der Waals surface area contributed by atoms with E-state index in [9.17, 15) is 4.79 Å². The van der Waals surface area contributed by atoms with Gasteiger partial charge in [0.25, 0.3) is 0 Å². The maximum absolute atomic E-state index is 12.1.